The molecule has 1 fully saturated rings. The first-order chi connectivity index (χ1) is 18.9. The van der Waals surface area contributed by atoms with Crippen LogP contribution in [0.4, 0.5) is 0 Å². The van der Waals surface area contributed by atoms with Crippen LogP contribution in [0.15, 0.2) is 72.3 Å². The van der Waals surface area contributed by atoms with Gasteiger partial charge in [-0.05, 0) is 59.2 Å². The van der Waals surface area contributed by atoms with Gasteiger partial charge in [0.2, 0.25) is 0 Å². The van der Waals surface area contributed by atoms with E-state index in [1.54, 1.807) is 25.3 Å². The van der Waals surface area contributed by atoms with E-state index in [1.807, 2.05) is 55.5 Å². The molecular weight excluding hydrogens is 502 g/mol. The first kappa shape index (κ1) is 28.9. The van der Waals surface area contributed by atoms with Crippen LogP contribution in [0.2, 0.25) is 0 Å². The molecule has 0 radical (unpaired) electrons. The van der Waals surface area contributed by atoms with Crippen LogP contribution >= 0.6 is 0 Å². The molecule has 3 aromatic rings. The summed E-state index contributed by atoms with van der Waals surface area (Å²) in [5, 5.41) is 11.6. The Morgan fingerprint density at radius 2 is 1.65 bits per heavy atom. The molecule has 40 heavy (non-hydrogen) atoms. The highest BCUT2D eigenvalue weighted by Gasteiger charge is 2.46. The molecule has 1 aliphatic heterocycles. The van der Waals surface area contributed by atoms with Crippen LogP contribution < -0.4 is 9.47 Å². The number of nitrogens with zero attached hydrogens (tertiary/aromatic N) is 1. The predicted octanol–water partition coefficient (Wildman–Crippen LogP) is 6.96. The molecule has 3 aromatic carbocycles. The molecule has 1 saturated heterocycles. The minimum absolute atomic E-state index is 0.0609. The number of aliphatic hydroxyl groups is 1. The van der Waals surface area contributed by atoms with E-state index in [9.17, 15) is 14.7 Å². The quantitative estimate of drug-likeness (QED) is 0.190. The van der Waals surface area contributed by atoms with Crippen molar-refractivity contribution in [3.8, 4) is 11.5 Å². The van der Waals surface area contributed by atoms with E-state index in [0.717, 1.165) is 28.0 Å². The zero-order chi connectivity index (χ0) is 29.2. The van der Waals surface area contributed by atoms with Gasteiger partial charge in [0.05, 0.1) is 31.9 Å². The van der Waals surface area contributed by atoms with Crippen molar-refractivity contribution in [2.45, 2.75) is 59.5 Å². The van der Waals surface area contributed by atoms with Crippen molar-refractivity contribution in [3.05, 3.63) is 100 Å². The molecule has 0 saturated carbocycles. The normalized spacial score (nSPS) is 17.0. The van der Waals surface area contributed by atoms with Crippen molar-refractivity contribution in [2.75, 3.05) is 13.7 Å². The van der Waals surface area contributed by atoms with Crippen LogP contribution in [-0.4, -0.2) is 35.4 Å². The van der Waals surface area contributed by atoms with Gasteiger partial charge in [-0.25, -0.2) is 0 Å². The van der Waals surface area contributed by atoms with Crippen molar-refractivity contribution >= 4 is 17.4 Å². The van der Waals surface area contributed by atoms with E-state index < -0.39 is 17.7 Å². The third-order valence-corrected chi connectivity index (χ3v) is 7.19. The lowest BCUT2D eigenvalue weighted by atomic mass is 9.85. The van der Waals surface area contributed by atoms with Gasteiger partial charge >= 0.3 is 0 Å². The Labute approximate surface area is 237 Å². The minimum Gasteiger partial charge on any atom is -0.507 e. The fourth-order valence-electron chi connectivity index (χ4n) is 4.94. The number of aryl methyl sites for hydroxylation is 1. The zero-order valence-electron chi connectivity index (χ0n) is 24.4. The first-order valence-electron chi connectivity index (χ1n) is 13.7. The number of ketones is 1. The van der Waals surface area contributed by atoms with E-state index in [1.165, 1.54) is 4.90 Å². The lowest BCUT2D eigenvalue weighted by molar-refractivity contribution is -0.140. The molecule has 0 spiro atoms. The van der Waals surface area contributed by atoms with Crippen LogP contribution in [-0.2, 0) is 21.5 Å². The Kier molecular flexibility index (Phi) is 8.38. The SMILES string of the molecule is COc1ccccc1CN1C(=O)C(=O)/C(=C(\O)c2ccc(OCC(C)C)c(C)c2)C1c1ccc(C(C)(C)C)cc1. The van der Waals surface area contributed by atoms with E-state index in [4.69, 9.17) is 9.47 Å². The van der Waals surface area contributed by atoms with Crippen LogP contribution in [0.3, 0.4) is 0 Å². The second kappa shape index (κ2) is 11.6. The van der Waals surface area contributed by atoms with E-state index in [0.29, 0.717) is 23.8 Å². The van der Waals surface area contributed by atoms with Gasteiger partial charge in [0, 0.05) is 11.1 Å². The third-order valence-electron chi connectivity index (χ3n) is 7.19. The molecule has 0 aromatic heterocycles. The molecule has 6 nitrogen and oxygen atoms in total. The van der Waals surface area contributed by atoms with E-state index >= 15 is 0 Å². The number of amides is 1. The predicted molar refractivity (Wildman–Crippen MR) is 157 cm³/mol. The number of ether oxygens (including phenoxy) is 2. The standard InChI is InChI=1S/C34H39NO5/c1-21(2)20-40-27-17-14-24(18-22(27)3)31(36)29-30(23-12-15-26(16-13-23)34(4,5)6)35(33(38)32(29)37)19-25-10-8-9-11-28(25)39-7/h8-18,21,30,36H,19-20H2,1-7H3/b31-29-. The van der Waals surface area contributed by atoms with Crippen molar-refractivity contribution in [1.82, 2.24) is 4.90 Å². The lowest BCUT2D eigenvalue weighted by Crippen LogP contribution is -2.29. The Morgan fingerprint density at radius 1 is 0.975 bits per heavy atom. The summed E-state index contributed by atoms with van der Waals surface area (Å²) in [7, 11) is 1.58. The lowest BCUT2D eigenvalue weighted by Gasteiger charge is -2.27. The molecule has 0 bridgehead atoms. The smallest absolute Gasteiger partial charge is 0.295 e. The molecule has 4 rings (SSSR count). The maximum absolute atomic E-state index is 13.5. The Bertz CT molecular complexity index is 1430. The summed E-state index contributed by atoms with van der Waals surface area (Å²) >= 11 is 0. The number of methoxy groups -OCH3 is 1. The van der Waals surface area contributed by atoms with Gasteiger partial charge in [-0.2, -0.15) is 0 Å². The fraction of sp³-hybridized carbons (Fsp3) is 0.353. The second-order valence-corrected chi connectivity index (χ2v) is 11.8. The Hall–Kier alpha value is -4.06. The van der Waals surface area contributed by atoms with Gasteiger partial charge in [-0.15, -0.1) is 0 Å². The largest absolute Gasteiger partial charge is 0.507 e. The van der Waals surface area contributed by atoms with E-state index in [-0.39, 0.29) is 23.3 Å². The molecule has 6 heteroatoms. The van der Waals surface area contributed by atoms with Gasteiger partial charge in [-0.1, -0.05) is 77.1 Å². The van der Waals surface area contributed by atoms with Gasteiger partial charge in [0.1, 0.15) is 17.3 Å². The highest BCUT2D eigenvalue weighted by Crippen LogP contribution is 2.42. The maximum atomic E-state index is 13.5. The summed E-state index contributed by atoms with van der Waals surface area (Å²) in [5.41, 5.74) is 3.95. The highest BCUT2D eigenvalue weighted by atomic mass is 16.5. The van der Waals surface area contributed by atoms with Crippen LogP contribution in [0, 0.1) is 12.8 Å². The van der Waals surface area contributed by atoms with Crippen molar-refractivity contribution < 1.29 is 24.2 Å². The molecule has 1 unspecified atom stereocenters. The Balaban J connectivity index is 1.83. The molecular formula is C34H39NO5. The second-order valence-electron chi connectivity index (χ2n) is 11.8. The number of aliphatic hydroxyl groups excluding tert-OH is 1. The van der Waals surface area contributed by atoms with Gasteiger partial charge in [-0.3, -0.25) is 9.59 Å². The van der Waals surface area contributed by atoms with Gasteiger partial charge in [0.25, 0.3) is 11.7 Å². The number of hydrogen-bond acceptors (Lipinski definition) is 5. The molecule has 1 amide bonds. The van der Waals surface area contributed by atoms with Gasteiger partial charge < -0.3 is 19.5 Å². The number of carbonyl (C=O) groups excluding carboxylic acids is 2. The minimum atomic E-state index is -0.767. The number of rotatable bonds is 8. The van der Waals surface area contributed by atoms with Crippen LogP contribution in [0.1, 0.15) is 68.5 Å². The molecule has 1 heterocycles. The summed E-state index contributed by atoms with van der Waals surface area (Å²) in [6.07, 6.45) is 0. The number of para-hydroxylation sites is 1. The third kappa shape index (κ3) is 5.91. The van der Waals surface area contributed by atoms with Crippen LogP contribution in [0.5, 0.6) is 11.5 Å². The van der Waals surface area contributed by atoms with Crippen LogP contribution in [0.25, 0.3) is 5.76 Å². The summed E-state index contributed by atoms with van der Waals surface area (Å²) in [5.74, 6) is 0.136. The highest BCUT2D eigenvalue weighted by molar-refractivity contribution is 6.46. The number of carbonyl (C=O) groups is 2. The summed E-state index contributed by atoms with van der Waals surface area (Å²) in [4.78, 5) is 28.6. The topological polar surface area (TPSA) is 76.1 Å². The summed E-state index contributed by atoms with van der Waals surface area (Å²) in [6.45, 7) is 13.2. The first-order valence-corrected chi connectivity index (χ1v) is 13.7. The molecule has 1 atom stereocenters. The van der Waals surface area contributed by atoms with E-state index in [2.05, 4.69) is 34.6 Å². The number of hydrogen-bond donors (Lipinski definition) is 1. The zero-order valence-corrected chi connectivity index (χ0v) is 24.4. The molecule has 1 aliphatic rings. The average Bonchev–Trinajstić information content (AvgIpc) is 3.16. The molecule has 0 aliphatic carbocycles. The monoisotopic (exact) mass is 541 g/mol. The van der Waals surface area contributed by atoms with Crippen molar-refractivity contribution in [1.29, 1.82) is 0 Å². The number of Topliss-reactive ketones (excluding diaryl/α,β-unsaturated/α-hetero) is 1. The fourth-order valence-corrected chi connectivity index (χ4v) is 4.94. The van der Waals surface area contributed by atoms with Gasteiger partial charge in [0.15, 0.2) is 0 Å². The Morgan fingerprint density at radius 3 is 2.25 bits per heavy atom. The number of benzene rings is 3. The average molecular weight is 542 g/mol. The summed E-state index contributed by atoms with van der Waals surface area (Å²) in [6, 6.07) is 19.9. The van der Waals surface area contributed by atoms with Crippen molar-refractivity contribution in [3.63, 3.8) is 0 Å². The summed E-state index contributed by atoms with van der Waals surface area (Å²) < 4.78 is 11.4. The number of likely N-dealkylation sites (tertiary alicyclic amines) is 1. The molecule has 1 N–H and O–H groups in total. The maximum Gasteiger partial charge on any atom is 0.295 e. The molecule has 210 valence electrons. The van der Waals surface area contributed by atoms with Crippen molar-refractivity contribution in [2.24, 2.45) is 5.92 Å².